The van der Waals surface area contributed by atoms with Gasteiger partial charge in [-0.05, 0) is 30.3 Å². The molecule has 86 valence electrons. The predicted octanol–water partition coefficient (Wildman–Crippen LogP) is 4.47. The van der Waals surface area contributed by atoms with E-state index in [1.807, 2.05) is 0 Å². The van der Waals surface area contributed by atoms with E-state index in [1.54, 1.807) is 24.3 Å². The van der Waals surface area contributed by atoms with Crippen LogP contribution in [-0.2, 0) is 0 Å². The highest BCUT2D eigenvalue weighted by atomic mass is 79.9. The Bertz CT molecular complexity index is 563. The van der Waals surface area contributed by atoms with Gasteiger partial charge in [0.2, 0.25) is 0 Å². The number of rotatable bonds is 2. The summed E-state index contributed by atoms with van der Waals surface area (Å²) >= 11 is 9.11. The highest BCUT2D eigenvalue weighted by molar-refractivity contribution is 9.10. The summed E-state index contributed by atoms with van der Waals surface area (Å²) in [6.07, 6.45) is 0. The van der Waals surface area contributed by atoms with E-state index in [-0.39, 0.29) is 5.78 Å². The third kappa shape index (κ3) is 2.93. The molecule has 0 amide bonds. The summed E-state index contributed by atoms with van der Waals surface area (Å²) in [5, 5.41) is 0.458. The average molecular weight is 314 g/mol. The second kappa shape index (κ2) is 4.98. The molecule has 0 N–H and O–H groups in total. The standard InChI is InChI=1S/C13H7BrClFO/c14-10-4-9(5-11(15)7-10)13(17)8-2-1-3-12(16)6-8/h1-7H. The van der Waals surface area contributed by atoms with Crippen molar-refractivity contribution in [2.45, 2.75) is 0 Å². The van der Waals surface area contributed by atoms with Crippen molar-refractivity contribution in [2.75, 3.05) is 0 Å². The van der Waals surface area contributed by atoms with Gasteiger partial charge in [0.25, 0.3) is 0 Å². The third-order valence-corrected chi connectivity index (χ3v) is 2.89. The maximum Gasteiger partial charge on any atom is 0.193 e. The first-order valence-electron chi connectivity index (χ1n) is 4.82. The molecule has 2 aromatic rings. The van der Waals surface area contributed by atoms with Crippen molar-refractivity contribution in [1.29, 1.82) is 0 Å². The van der Waals surface area contributed by atoms with E-state index in [0.717, 1.165) is 0 Å². The van der Waals surface area contributed by atoms with E-state index in [9.17, 15) is 9.18 Å². The maximum absolute atomic E-state index is 13.0. The minimum Gasteiger partial charge on any atom is -0.289 e. The second-order valence-electron chi connectivity index (χ2n) is 3.50. The fourth-order valence-electron chi connectivity index (χ4n) is 1.48. The first kappa shape index (κ1) is 12.3. The average Bonchev–Trinajstić information content (AvgIpc) is 2.26. The van der Waals surface area contributed by atoms with Crippen LogP contribution < -0.4 is 0 Å². The monoisotopic (exact) mass is 312 g/mol. The zero-order chi connectivity index (χ0) is 12.4. The van der Waals surface area contributed by atoms with Crippen molar-refractivity contribution < 1.29 is 9.18 Å². The molecule has 0 aliphatic rings. The van der Waals surface area contributed by atoms with Gasteiger partial charge in [-0.3, -0.25) is 4.79 Å². The first-order chi connectivity index (χ1) is 8.06. The zero-order valence-corrected chi connectivity index (χ0v) is 10.9. The fraction of sp³-hybridized carbons (Fsp3) is 0. The summed E-state index contributed by atoms with van der Waals surface area (Å²) in [6, 6.07) is 10.5. The molecule has 0 aliphatic heterocycles. The Morgan fingerprint density at radius 3 is 2.53 bits per heavy atom. The topological polar surface area (TPSA) is 17.1 Å². The summed E-state index contributed by atoms with van der Waals surface area (Å²) in [7, 11) is 0. The normalized spacial score (nSPS) is 10.3. The Labute approximate surface area is 111 Å². The van der Waals surface area contributed by atoms with Gasteiger partial charge in [-0.2, -0.15) is 0 Å². The van der Waals surface area contributed by atoms with Crippen LogP contribution in [0.3, 0.4) is 0 Å². The molecular weight excluding hydrogens is 306 g/mol. The lowest BCUT2D eigenvalue weighted by Crippen LogP contribution is -2.01. The lowest BCUT2D eigenvalue weighted by atomic mass is 10.0. The van der Waals surface area contributed by atoms with Crippen LogP contribution in [0.15, 0.2) is 46.9 Å². The summed E-state index contributed by atoms with van der Waals surface area (Å²) in [5.41, 5.74) is 0.731. The summed E-state index contributed by atoms with van der Waals surface area (Å²) in [6.45, 7) is 0. The van der Waals surface area contributed by atoms with Gasteiger partial charge in [-0.15, -0.1) is 0 Å². The molecule has 0 aromatic heterocycles. The number of ketones is 1. The van der Waals surface area contributed by atoms with E-state index < -0.39 is 5.82 Å². The van der Waals surface area contributed by atoms with Gasteiger partial charge in [0, 0.05) is 20.6 Å². The first-order valence-corrected chi connectivity index (χ1v) is 6.00. The van der Waals surface area contributed by atoms with Crippen molar-refractivity contribution in [3.05, 3.63) is 68.9 Å². The van der Waals surface area contributed by atoms with Crippen LogP contribution in [0.25, 0.3) is 0 Å². The van der Waals surface area contributed by atoms with Crippen LogP contribution in [-0.4, -0.2) is 5.78 Å². The van der Waals surface area contributed by atoms with Gasteiger partial charge in [-0.25, -0.2) is 4.39 Å². The molecule has 0 spiro atoms. The van der Waals surface area contributed by atoms with Gasteiger partial charge >= 0.3 is 0 Å². The van der Waals surface area contributed by atoms with Gasteiger partial charge in [0.1, 0.15) is 5.82 Å². The predicted molar refractivity (Wildman–Crippen MR) is 69.0 cm³/mol. The minimum atomic E-state index is -0.433. The molecule has 17 heavy (non-hydrogen) atoms. The van der Waals surface area contributed by atoms with Crippen LogP contribution in [0.4, 0.5) is 4.39 Å². The Balaban J connectivity index is 2.43. The van der Waals surface area contributed by atoms with Gasteiger partial charge in [0.15, 0.2) is 5.78 Å². The molecule has 2 aromatic carbocycles. The highest BCUT2D eigenvalue weighted by Crippen LogP contribution is 2.21. The SMILES string of the molecule is O=C(c1cccc(F)c1)c1cc(Cl)cc(Br)c1. The van der Waals surface area contributed by atoms with Gasteiger partial charge in [0.05, 0.1) is 0 Å². The number of hydrogen-bond acceptors (Lipinski definition) is 1. The molecule has 4 heteroatoms. The van der Waals surface area contributed by atoms with Crippen LogP contribution in [0, 0.1) is 5.82 Å². The molecule has 0 heterocycles. The number of hydrogen-bond donors (Lipinski definition) is 0. The van der Waals surface area contributed by atoms with Gasteiger partial charge in [-0.1, -0.05) is 39.7 Å². The van der Waals surface area contributed by atoms with Crippen molar-refractivity contribution in [3.63, 3.8) is 0 Å². The molecule has 0 fully saturated rings. The molecule has 0 bridgehead atoms. The van der Waals surface area contributed by atoms with Crippen LogP contribution in [0.2, 0.25) is 5.02 Å². The van der Waals surface area contributed by atoms with Crippen molar-refractivity contribution in [1.82, 2.24) is 0 Å². The number of carbonyl (C=O) groups excluding carboxylic acids is 1. The van der Waals surface area contributed by atoms with Crippen molar-refractivity contribution >= 4 is 33.3 Å². The highest BCUT2D eigenvalue weighted by Gasteiger charge is 2.11. The molecule has 0 atom stereocenters. The molecule has 0 unspecified atom stereocenters. The van der Waals surface area contributed by atoms with E-state index in [0.29, 0.717) is 20.6 Å². The molecule has 0 saturated carbocycles. The van der Waals surface area contributed by atoms with E-state index in [4.69, 9.17) is 11.6 Å². The Hall–Kier alpha value is -1.19. The number of halogens is 3. The summed E-state index contributed by atoms with van der Waals surface area (Å²) in [5.74, 6) is -0.690. The van der Waals surface area contributed by atoms with Crippen molar-refractivity contribution in [2.24, 2.45) is 0 Å². The zero-order valence-electron chi connectivity index (χ0n) is 8.58. The lowest BCUT2D eigenvalue weighted by molar-refractivity contribution is 0.103. The summed E-state index contributed by atoms with van der Waals surface area (Å²) < 4.78 is 13.7. The third-order valence-electron chi connectivity index (χ3n) is 2.21. The largest absolute Gasteiger partial charge is 0.289 e. The van der Waals surface area contributed by atoms with Crippen LogP contribution >= 0.6 is 27.5 Å². The lowest BCUT2D eigenvalue weighted by Gasteiger charge is -2.03. The Morgan fingerprint density at radius 1 is 1.12 bits per heavy atom. The molecule has 0 aliphatic carbocycles. The number of carbonyl (C=O) groups is 1. The van der Waals surface area contributed by atoms with Crippen LogP contribution in [0.5, 0.6) is 0 Å². The maximum atomic E-state index is 13.0. The van der Waals surface area contributed by atoms with Gasteiger partial charge < -0.3 is 0 Å². The smallest absolute Gasteiger partial charge is 0.193 e. The van der Waals surface area contributed by atoms with E-state index in [2.05, 4.69) is 15.9 Å². The molecular formula is C13H7BrClFO. The summed E-state index contributed by atoms with van der Waals surface area (Å²) in [4.78, 5) is 12.1. The Kier molecular flexibility index (Phi) is 3.60. The van der Waals surface area contributed by atoms with E-state index >= 15 is 0 Å². The Morgan fingerprint density at radius 2 is 1.88 bits per heavy atom. The second-order valence-corrected chi connectivity index (χ2v) is 4.85. The number of benzene rings is 2. The van der Waals surface area contributed by atoms with Crippen LogP contribution in [0.1, 0.15) is 15.9 Å². The molecule has 1 nitrogen and oxygen atoms in total. The minimum absolute atomic E-state index is 0.257. The quantitative estimate of drug-likeness (QED) is 0.748. The fourth-order valence-corrected chi connectivity index (χ4v) is 2.34. The van der Waals surface area contributed by atoms with Crippen molar-refractivity contribution in [3.8, 4) is 0 Å². The molecule has 2 rings (SSSR count). The molecule has 0 radical (unpaired) electrons. The molecule has 0 saturated heterocycles. The van der Waals surface area contributed by atoms with E-state index in [1.165, 1.54) is 18.2 Å².